The van der Waals surface area contributed by atoms with Gasteiger partial charge in [-0.1, -0.05) is 23.2 Å². The lowest BCUT2D eigenvalue weighted by Crippen LogP contribution is -2.40. The third kappa shape index (κ3) is 2.46. The number of hydrogen-bond acceptors (Lipinski definition) is 2. The molecule has 1 aromatic carbocycles. The van der Waals surface area contributed by atoms with Gasteiger partial charge in [0.25, 0.3) is 5.91 Å². The fourth-order valence-electron chi connectivity index (χ4n) is 2.19. The quantitative estimate of drug-likeness (QED) is 0.852. The lowest BCUT2D eigenvalue weighted by atomic mass is 10.1. The molecule has 98 valence electrons. The van der Waals surface area contributed by atoms with E-state index >= 15 is 0 Å². The largest absolute Gasteiger partial charge is 0.334 e. The molecule has 0 spiro atoms. The zero-order valence-electron chi connectivity index (χ0n) is 9.63. The van der Waals surface area contributed by atoms with E-state index in [1.165, 1.54) is 6.07 Å². The van der Waals surface area contributed by atoms with E-state index in [4.69, 9.17) is 28.9 Å². The second-order valence-corrected chi connectivity index (χ2v) is 5.09. The summed E-state index contributed by atoms with van der Waals surface area (Å²) in [7, 11) is 0. The van der Waals surface area contributed by atoms with Crippen LogP contribution >= 0.6 is 23.2 Å². The van der Waals surface area contributed by atoms with Gasteiger partial charge in [0.05, 0.1) is 15.6 Å². The summed E-state index contributed by atoms with van der Waals surface area (Å²) >= 11 is 11.5. The Bertz CT molecular complexity index is 481. The normalized spacial score (nSPS) is 19.3. The van der Waals surface area contributed by atoms with E-state index in [0.29, 0.717) is 13.1 Å². The summed E-state index contributed by atoms with van der Waals surface area (Å²) in [4.78, 5) is 13.9. The second-order valence-electron chi connectivity index (χ2n) is 4.28. The van der Waals surface area contributed by atoms with Crippen LogP contribution in [0, 0.1) is 5.82 Å². The van der Waals surface area contributed by atoms with Gasteiger partial charge in [0.15, 0.2) is 0 Å². The van der Waals surface area contributed by atoms with Crippen LogP contribution in [0.4, 0.5) is 4.39 Å². The molecule has 0 radical (unpaired) electrons. The van der Waals surface area contributed by atoms with Crippen LogP contribution in [-0.4, -0.2) is 29.9 Å². The Balaban J connectivity index is 2.31. The number of carbonyl (C=O) groups is 1. The highest BCUT2D eigenvalue weighted by molar-refractivity contribution is 6.36. The first-order valence-corrected chi connectivity index (χ1v) is 6.45. The maximum absolute atomic E-state index is 13.4. The number of amides is 1. The van der Waals surface area contributed by atoms with E-state index in [1.54, 1.807) is 4.90 Å². The predicted octanol–water partition coefficient (Wildman–Crippen LogP) is 2.70. The molecule has 1 aliphatic heterocycles. The van der Waals surface area contributed by atoms with Gasteiger partial charge in [0.2, 0.25) is 0 Å². The van der Waals surface area contributed by atoms with Crippen LogP contribution in [0.3, 0.4) is 0 Å². The minimum atomic E-state index is -0.645. The standard InChI is InChI=1S/C12H13Cl2FN2O/c13-9-5-10(14)11(15)4-8(9)12(18)17-3-1-2-7(17)6-16/h4-5,7H,1-3,6,16H2. The van der Waals surface area contributed by atoms with Gasteiger partial charge >= 0.3 is 0 Å². The van der Waals surface area contributed by atoms with Gasteiger partial charge < -0.3 is 10.6 Å². The number of hydrogen-bond donors (Lipinski definition) is 1. The van der Waals surface area contributed by atoms with Crippen LogP contribution in [0.1, 0.15) is 23.2 Å². The zero-order chi connectivity index (χ0) is 13.3. The minimum Gasteiger partial charge on any atom is -0.334 e. The lowest BCUT2D eigenvalue weighted by Gasteiger charge is -2.24. The molecule has 1 saturated heterocycles. The molecule has 0 aliphatic carbocycles. The molecule has 1 aromatic rings. The highest BCUT2D eigenvalue weighted by Gasteiger charge is 2.29. The van der Waals surface area contributed by atoms with E-state index in [2.05, 4.69) is 0 Å². The molecule has 18 heavy (non-hydrogen) atoms. The van der Waals surface area contributed by atoms with Gasteiger partial charge in [-0.15, -0.1) is 0 Å². The number of benzene rings is 1. The van der Waals surface area contributed by atoms with E-state index in [9.17, 15) is 9.18 Å². The first-order valence-electron chi connectivity index (χ1n) is 5.70. The number of carbonyl (C=O) groups excluding carboxylic acids is 1. The summed E-state index contributed by atoms with van der Waals surface area (Å²) in [5, 5.41) is 0.0717. The average Bonchev–Trinajstić information content (AvgIpc) is 2.81. The molecule has 0 saturated carbocycles. The highest BCUT2D eigenvalue weighted by atomic mass is 35.5. The van der Waals surface area contributed by atoms with Crippen molar-refractivity contribution < 1.29 is 9.18 Å². The summed E-state index contributed by atoms with van der Waals surface area (Å²) < 4.78 is 13.4. The average molecular weight is 291 g/mol. The molecule has 1 atom stereocenters. The summed E-state index contributed by atoms with van der Waals surface area (Å²) in [5.41, 5.74) is 5.75. The van der Waals surface area contributed by atoms with Gasteiger partial charge in [-0.25, -0.2) is 4.39 Å². The van der Waals surface area contributed by atoms with Crippen LogP contribution in [0.15, 0.2) is 12.1 Å². The molecule has 1 heterocycles. The molecule has 1 fully saturated rings. The van der Waals surface area contributed by atoms with E-state index in [1.807, 2.05) is 0 Å². The first-order chi connectivity index (χ1) is 8.54. The Morgan fingerprint density at radius 1 is 1.44 bits per heavy atom. The minimum absolute atomic E-state index is 0.00676. The monoisotopic (exact) mass is 290 g/mol. The maximum atomic E-state index is 13.4. The molecular weight excluding hydrogens is 278 g/mol. The summed E-state index contributed by atoms with van der Waals surface area (Å²) in [6.07, 6.45) is 1.78. The smallest absolute Gasteiger partial charge is 0.255 e. The predicted molar refractivity (Wildman–Crippen MR) is 69.5 cm³/mol. The van der Waals surface area contributed by atoms with Crippen molar-refractivity contribution in [3.05, 3.63) is 33.6 Å². The first kappa shape index (κ1) is 13.6. The molecule has 1 amide bonds. The Labute approximate surface area is 115 Å². The van der Waals surface area contributed by atoms with E-state index in [-0.39, 0.29) is 27.6 Å². The third-order valence-electron chi connectivity index (χ3n) is 3.15. The number of rotatable bonds is 2. The van der Waals surface area contributed by atoms with Gasteiger partial charge in [-0.2, -0.15) is 0 Å². The Morgan fingerprint density at radius 3 is 2.83 bits per heavy atom. The zero-order valence-corrected chi connectivity index (χ0v) is 11.1. The summed E-state index contributed by atoms with van der Waals surface area (Å²) in [6, 6.07) is 2.34. The van der Waals surface area contributed by atoms with Crippen molar-refractivity contribution in [3.63, 3.8) is 0 Å². The number of halogens is 3. The molecule has 0 bridgehead atoms. The second kappa shape index (κ2) is 5.43. The summed E-state index contributed by atoms with van der Waals surface area (Å²) in [6.45, 7) is 1.03. The SMILES string of the molecule is NCC1CCCN1C(=O)c1cc(F)c(Cl)cc1Cl. The van der Waals surface area contributed by atoms with Crippen LogP contribution < -0.4 is 5.73 Å². The van der Waals surface area contributed by atoms with Crippen molar-refractivity contribution in [2.75, 3.05) is 13.1 Å². The molecule has 1 aliphatic rings. The van der Waals surface area contributed by atoms with Crippen molar-refractivity contribution in [3.8, 4) is 0 Å². The fourth-order valence-corrected chi connectivity index (χ4v) is 2.65. The maximum Gasteiger partial charge on any atom is 0.255 e. The molecule has 3 nitrogen and oxygen atoms in total. The van der Waals surface area contributed by atoms with Crippen LogP contribution in [0.2, 0.25) is 10.0 Å². The van der Waals surface area contributed by atoms with Crippen molar-refractivity contribution in [1.29, 1.82) is 0 Å². The van der Waals surface area contributed by atoms with Crippen LogP contribution in [0.5, 0.6) is 0 Å². The van der Waals surface area contributed by atoms with Gasteiger partial charge in [-0.05, 0) is 25.0 Å². The van der Waals surface area contributed by atoms with Crippen LogP contribution in [-0.2, 0) is 0 Å². The van der Waals surface area contributed by atoms with E-state index in [0.717, 1.165) is 18.9 Å². The van der Waals surface area contributed by atoms with E-state index < -0.39 is 5.82 Å². The van der Waals surface area contributed by atoms with Crippen LogP contribution in [0.25, 0.3) is 0 Å². The van der Waals surface area contributed by atoms with Crippen molar-refractivity contribution in [2.24, 2.45) is 5.73 Å². The highest BCUT2D eigenvalue weighted by Crippen LogP contribution is 2.27. The van der Waals surface area contributed by atoms with Gasteiger partial charge in [0.1, 0.15) is 5.82 Å². The van der Waals surface area contributed by atoms with Crippen molar-refractivity contribution in [1.82, 2.24) is 4.90 Å². The summed E-state index contributed by atoms with van der Waals surface area (Å²) in [5.74, 6) is -0.934. The Kier molecular flexibility index (Phi) is 4.10. The molecule has 1 unspecified atom stereocenters. The Morgan fingerprint density at radius 2 is 2.17 bits per heavy atom. The fraction of sp³-hybridized carbons (Fsp3) is 0.417. The van der Waals surface area contributed by atoms with Gasteiger partial charge in [-0.3, -0.25) is 4.79 Å². The molecule has 0 aromatic heterocycles. The number of nitrogens with two attached hydrogens (primary N) is 1. The molecule has 2 rings (SSSR count). The molecule has 2 N–H and O–H groups in total. The number of nitrogens with zero attached hydrogens (tertiary/aromatic N) is 1. The van der Waals surface area contributed by atoms with Gasteiger partial charge in [0, 0.05) is 19.1 Å². The molecular formula is C12H13Cl2FN2O. The number of likely N-dealkylation sites (tertiary alicyclic amines) is 1. The lowest BCUT2D eigenvalue weighted by molar-refractivity contribution is 0.0741. The Hall–Kier alpha value is -0.840. The topological polar surface area (TPSA) is 46.3 Å². The van der Waals surface area contributed by atoms with Crippen molar-refractivity contribution >= 4 is 29.1 Å². The van der Waals surface area contributed by atoms with Crippen molar-refractivity contribution in [2.45, 2.75) is 18.9 Å². The molecule has 6 heteroatoms. The third-order valence-corrected chi connectivity index (χ3v) is 3.75.